The Morgan fingerprint density at radius 2 is 2.12 bits per heavy atom. The van der Waals surface area contributed by atoms with Gasteiger partial charge < -0.3 is 4.74 Å². The molecule has 1 aliphatic heterocycles. The number of rotatable bonds is 0. The average Bonchev–Trinajstić information content (AvgIpc) is 1.77. The SMILES string of the molecule is O=C1COC(=O)NN1. The highest BCUT2D eigenvalue weighted by atomic mass is 16.6. The third kappa shape index (κ3) is 0.868. The van der Waals surface area contributed by atoms with Crippen LogP contribution in [0.4, 0.5) is 4.79 Å². The maximum Gasteiger partial charge on any atom is 0.426 e. The van der Waals surface area contributed by atoms with Crippen LogP contribution in [0.1, 0.15) is 0 Å². The zero-order valence-corrected chi connectivity index (χ0v) is 3.93. The monoisotopic (exact) mass is 116 g/mol. The van der Waals surface area contributed by atoms with E-state index in [1.54, 1.807) is 0 Å². The molecule has 0 bridgehead atoms. The number of hydrogen-bond donors (Lipinski definition) is 2. The molecule has 0 atom stereocenters. The molecule has 0 aromatic heterocycles. The lowest BCUT2D eigenvalue weighted by Crippen LogP contribution is -2.49. The van der Waals surface area contributed by atoms with E-state index in [0.29, 0.717) is 0 Å². The van der Waals surface area contributed by atoms with Crippen molar-refractivity contribution in [1.29, 1.82) is 0 Å². The van der Waals surface area contributed by atoms with E-state index in [1.165, 1.54) is 0 Å². The Hall–Kier alpha value is -1.26. The second-order valence-corrected chi connectivity index (χ2v) is 1.25. The van der Waals surface area contributed by atoms with Crippen LogP contribution in [0, 0.1) is 0 Å². The van der Waals surface area contributed by atoms with E-state index in [-0.39, 0.29) is 12.5 Å². The molecule has 0 aromatic carbocycles. The van der Waals surface area contributed by atoms with Gasteiger partial charge in [0.05, 0.1) is 0 Å². The minimum absolute atomic E-state index is 0.189. The van der Waals surface area contributed by atoms with Crippen LogP contribution in [0.3, 0.4) is 0 Å². The Bertz CT molecular complexity index is 104. The van der Waals surface area contributed by atoms with E-state index in [0.717, 1.165) is 0 Å². The summed E-state index contributed by atoms with van der Waals surface area (Å²) in [5.74, 6) is -0.343. The van der Waals surface area contributed by atoms with Gasteiger partial charge in [-0.2, -0.15) is 0 Å². The fourth-order valence-electron chi connectivity index (χ4n) is 0.324. The fourth-order valence-corrected chi connectivity index (χ4v) is 0.324. The highest BCUT2D eigenvalue weighted by molar-refractivity contribution is 5.84. The number of carbonyl (C=O) groups is 2. The first kappa shape index (κ1) is 4.89. The molecule has 1 fully saturated rings. The Morgan fingerprint density at radius 1 is 1.38 bits per heavy atom. The fraction of sp³-hybridized carbons (Fsp3) is 0.333. The van der Waals surface area contributed by atoms with E-state index in [1.807, 2.05) is 5.43 Å². The second kappa shape index (κ2) is 1.69. The van der Waals surface area contributed by atoms with Crippen molar-refractivity contribution in [2.45, 2.75) is 0 Å². The normalized spacial score (nSPS) is 18.5. The van der Waals surface area contributed by atoms with Gasteiger partial charge in [0.25, 0.3) is 5.91 Å². The standard InChI is InChI=1S/C3H4N2O3/c6-2-1-8-3(7)5-4-2/h1H2,(H,4,6)(H,5,7). The summed E-state index contributed by atoms with van der Waals surface area (Å²) in [7, 11) is 0. The highest BCUT2D eigenvalue weighted by Crippen LogP contribution is 1.80. The first-order valence-electron chi connectivity index (χ1n) is 2.00. The molecule has 0 radical (unpaired) electrons. The molecule has 0 aromatic rings. The second-order valence-electron chi connectivity index (χ2n) is 1.25. The summed E-state index contributed by atoms with van der Waals surface area (Å²) in [4.78, 5) is 20.2. The van der Waals surface area contributed by atoms with Crippen LogP contribution < -0.4 is 10.9 Å². The van der Waals surface area contributed by atoms with E-state index >= 15 is 0 Å². The quantitative estimate of drug-likeness (QED) is 0.416. The van der Waals surface area contributed by atoms with Gasteiger partial charge in [-0.3, -0.25) is 10.2 Å². The Morgan fingerprint density at radius 3 is 2.50 bits per heavy atom. The molecule has 1 rings (SSSR count). The smallest absolute Gasteiger partial charge is 0.426 e. The number of carbonyl (C=O) groups excluding carboxylic acids is 2. The summed E-state index contributed by atoms with van der Waals surface area (Å²) in [6.07, 6.45) is -0.621. The number of ether oxygens (including phenoxy) is 1. The van der Waals surface area contributed by atoms with Crippen molar-refractivity contribution in [2.75, 3.05) is 6.61 Å². The molecule has 1 saturated heterocycles. The van der Waals surface area contributed by atoms with Crippen molar-refractivity contribution in [3.8, 4) is 0 Å². The third-order valence-electron chi connectivity index (χ3n) is 0.638. The van der Waals surface area contributed by atoms with Crippen LogP contribution in [0.2, 0.25) is 0 Å². The van der Waals surface area contributed by atoms with Crippen molar-refractivity contribution >= 4 is 12.0 Å². The molecular weight excluding hydrogens is 112 g/mol. The highest BCUT2D eigenvalue weighted by Gasteiger charge is 2.12. The molecule has 8 heavy (non-hydrogen) atoms. The Kier molecular flexibility index (Phi) is 1.03. The molecule has 1 heterocycles. The van der Waals surface area contributed by atoms with Crippen LogP contribution in [0.5, 0.6) is 0 Å². The van der Waals surface area contributed by atoms with Gasteiger partial charge in [0.1, 0.15) is 0 Å². The molecule has 0 saturated carbocycles. The predicted octanol–water partition coefficient (Wildman–Crippen LogP) is -1.24. The number of hydrogen-bond acceptors (Lipinski definition) is 3. The zero-order chi connectivity index (χ0) is 5.98. The molecule has 2 amide bonds. The summed E-state index contributed by atoms with van der Waals surface area (Å²) in [6, 6.07) is 0. The van der Waals surface area contributed by atoms with E-state index < -0.39 is 6.09 Å². The number of hydrazine groups is 1. The van der Waals surface area contributed by atoms with Gasteiger partial charge >= 0.3 is 6.09 Å². The van der Waals surface area contributed by atoms with Crippen LogP contribution in [0.15, 0.2) is 0 Å². The van der Waals surface area contributed by atoms with Crippen molar-refractivity contribution < 1.29 is 14.3 Å². The van der Waals surface area contributed by atoms with Gasteiger partial charge in [-0.05, 0) is 0 Å². The Balaban J connectivity index is 2.40. The van der Waals surface area contributed by atoms with Gasteiger partial charge in [-0.25, -0.2) is 10.2 Å². The lowest BCUT2D eigenvalue weighted by atomic mass is 10.6. The first-order valence-corrected chi connectivity index (χ1v) is 2.00. The van der Waals surface area contributed by atoms with Crippen molar-refractivity contribution in [2.24, 2.45) is 0 Å². The molecule has 0 aliphatic carbocycles. The summed E-state index contributed by atoms with van der Waals surface area (Å²) >= 11 is 0. The number of cyclic esters (lactones) is 1. The van der Waals surface area contributed by atoms with Crippen LogP contribution in [0.25, 0.3) is 0 Å². The molecule has 2 N–H and O–H groups in total. The van der Waals surface area contributed by atoms with Gasteiger partial charge in [-0.1, -0.05) is 0 Å². The molecule has 44 valence electrons. The maximum atomic E-state index is 10.2. The predicted molar refractivity (Wildman–Crippen MR) is 22.6 cm³/mol. The zero-order valence-electron chi connectivity index (χ0n) is 3.93. The average molecular weight is 116 g/mol. The van der Waals surface area contributed by atoms with Gasteiger partial charge in [0.2, 0.25) is 0 Å². The van der Waals surface area contributed by atoms with Crippen molar-refractivity contribution in [3.05, 3.63) is 0 Å². The Labute approximate surface area is 45.0 Å². The first-order chi connectivity index (χ1) is 3.79. The van der Waals surface area contributed by atoms with Gasteiger partial charge in [0, 0.05) is 0 Å². The van der Waals surface area contributed by atoms with E-state index in [2.05, 4.69) is 10.2 Å². The lowest BCUT2D eigenvalue weighted by Gasteiger charge is -2.12. The molecule has 0 unspecified atom stereocenters. The van der Waals surface area contributed by atoms with E-state index in [9.17, 15) is 9.59 Å². The van der Waals surface area contributed by atoms with Gasteiger partial charge in [0.15, 0.2) is 6.61 Å². The van der Waals surface area contributed by atoms with Crippen LogP contribution >= 0.6 is 0 Å². The lowest BCUT2D eigenvalue weighted by molar-refractivity contribution is -0.127. The largest absolute Gasteiger partial charge is 0.438 e. The summed E-state index contributed by atoms with van der Waals surface area (Å²) in [5.41, 5.74) is 4.04. The van der Waals surface area contributed by atoms with Crippen molar-refractivity contribution in [3.63, 3.8) is 0 Å². The number of nitrogens with one attached hydrogen (secondary N) is 2. The minimum atomic E-state index is -0.621. The molecule has 0 spiro atoms. The molecule has 5 nitrogen and oxygen atoms in total. The third-order valence-corrected chi connectivity index (χ3v) is 0.638. The number of amides is 2. The van der Waals surface area contributed by atoms with Crippen LogP contribution in [-0.4, -0.2) is 18.6 Å². The molecule has 5 heteroatoms. The van der Waals surface area contributed by atoms with E-state index in [4.69, 9.17) is 0 Å². The van der Waals surface area contributed by atoms with Crippen LogP contribution in [-0.2, 0) is 9.53 Å². The topological polar surface area (TPSA) is 67.4 Å². The summed E-state index contributed by atoms with van der Waals surface area (Å²) < 4.78 is 4.23. The maximum absolute atomic E-state index is 10.2. The minimum Gasteiger partial charge on any atom is -0.438 e. The van der Waals surface area contributed by atoms with Crippen molar-refractivity contribution in [1.82, 2.24) is 10.9 Å². The summed E-state index contributed by atoms with van der Waals surface area (Å²) in [6.45, 7) is -0.189. The van der Waals surface area contributed by atoms with Gasteiger partial charge in [-0.15, -0.1) is 0 Å². The molecular formula is C3H4N2O3. The molecule has 1 aliphatic rings. The summed E-state index contributed by atoms with van der Waals surface area (Å²) in [5, 5.41) is 0.